The van der Waals surface area contributed by atoms with Gasteiger partial charge in [0.25, 0.3) is 0 Å². The monoisotopic (exact) mass is 332 g/mol. The molecule has 1 aromatic carbocycles. The lowest BCUT2D eigenvalue weighted by atomic mass is 10.3. The number of carbonyl (C=O) groups is 2. The first-order valence-electron chi connectivity index (χ1n) is 7.16. The van der Waals surface area contributed by atoms with Crippen LogP contribution in [0.1, 0.15) is 12.7 Å². The molecule has 0 unspecified atom stereocenters. The zero-order chi connectivity index (χ0) is 16.8. The van der Waals surface area contributed by atoms with Crippen molar-refractivity contribution in [3.8, 4) is 0 Å². The number of imidazole rings is 1. The summed E-state index contributed by atoms with van der Waals surface area (Å²) in [6.07, 6.45) is 3.58. The topological polar surface area (TPSA) is 67.2 Å². The van der Waals surface area contributed by atoms with Gasteiger partial charge in [-0.05, 0) is 24.3 Å². The highest BCUT2D eigenvalue weighted by atomic mass is 32.2. The van der Waals surface area contributed by atoms with E-state index in [2.05, 4.69) is 10.3 Å². The van der Waals surface area contributed by atoms with E-state index in [1.165, 1.54) is 18.7 Å². The normalized spacial score (nSPS) is 10.4. The second kappa shape index (κ2) is 7.82. The summed E-state index contributed by atoms with van der Waals surface area (Å²) in [5.74, 6) is 1.16. The second-order valence-electron chi connectivity index (χ2n) is 5.20. The number of amides is 2. The van der Waals surface area contributed by atoms with Gasteiger partial charge in [0.2, 0.25) is 11.8 Å². The standard InChI is InChI=1S/C16H20N4O2S/c1-12(21)18-13-4-6-14(7-5-13)23-11-16(22)20(3)10-15-17-8-9-19(15)2/h4-9H,10-11H2,1-3H3,(H,18,21). The Morgan fingerprint density at radius 1 is 1.30 bits per heavy atom. The fraction of sp³-hybridized carbons (Fsp3) is 0.312. The minimum atomic E-state index is -0.100. The predicted octanol–water partition coefficient (Wildman–Crippen LogP) is 2.13. The van der Waals surface area contributed by atoms with E-state index in [1.807, 2.05) is 42.1 Å². The van der Waals surface area contributed by atoms with Crippen LogP contribution in [0.3, 0.4) is 0 Å². The largest absolute Gasteiger partial charge is 0.338 e. The predicted molar refractivity (Wildman–Crippen MR) is 91.2 cm³/mol. The third kappa shape index (κ3) is 5.14. The molecule has 6 nitrogen and oxygen atoms in total. The van der Waals surface area contributed by atoms with Gasteiger partial charge in [-0.25, -0.2) is 4.98 Å². The third-order valence-electron chi connectivity index (χ3n) is 3.26. The van der Waals surface area contributed by atoms with Crippen LogP contribution in [0.2, 0.25) is 0 Å². The molecule has 0 saturated heterocycles. The Morgan fingerprint density at radius 3 is 2.57 bits per heavy atom. The molecule has 1 N–H and O–H groups in total. The number of rotatable bonds is 6. The van der Waals surface area contributed by atoms with Gasteiger partial charge in [0.1, 0.15) is 5.82 Å². The van der Waals surface area contributed by atoms with Crippen LogP contribution in [0.5, 0.6) is 0 Å². The van der Waals surface area contributed by atoms with Gasteiger partial charge < -0.3 is 14.8 Å². The van der Waals surface area contributed by atoms with Crippen molar-refractivity contribution in [1.82, 2.24) is 14.5 Å². The molecule has 0 atom stereocenters. The molecule has 0 bridgehead atoms. The molecule has 122 valence electrons. The number of benzene rings is 1. The maximum atomic E-state index is 12.2. The molecular formula is C16H20N4O2S. The van der Waals surface area contributed by atoms with Gasteiger partial charge in [0, 0.05) is 44.0 Å². The minimum Gasteiger partial charge on any atom is -0.338 e. The van der Waals surface area contributed by atoms with Crippen molar-refractivity contribution in [3.05, 3.63) is 42.5 Å². The highest BCUT2D eigenvalue weighted by molar-refractivity contribution is 8.00. The average molecular weight is 332 g/mol. The van der Waals surface area contributed by atoms with Crippen LogP contribution in [0.4, 0.5) is 5.69 Å². The van der Waals surface area contributed by atoms with Crippen LogP contribution >= 0.6 is 11.8 Å². The number of hydrogen-bond acceptors (Lipinski definition) is 4. The fourth-order valence-corrected chi connectivity index (χ4v) is 2.78. The van der Waals surface area contributed by atoms with Gasteiger partial charge >= 0.3 is 0 Å². The Morgan fingerprint density at radius 2 is 2.00 bits per heavy atom. The summed E-state index contributed by atoms with van der Waals surface area (Å²) >= 11 is 1.47. The number of nitrogens with one attached hydrogen (secondary N) is 1. The maximum absolute atomic E-state index is 12.2. The van der Waals surface area contributed by atoms with Crippen LogP contribution in [-0.2, 0) is 23.2 Å². The number of hydrogen-bond donors (Lipinski definition) is 1. The summed E-state index contributed by atoms with van der Waals surface area (Å²) in [7, 11) is 3.68. The SMILES string of the molecule is CC(=O)Nc1ccc(SCC(=O)N(C)Cc2nccn2C)cc1. The quantitative estimate of drug-likeness (QED) is 0.823. The van der Waals surface area contributed by atoms with Crippen molar-refractivity contribution in [2.75, 3.05) is 18.1 Å². The zero-order valence-corrected chi connectivity index (χ0v) is 14.3. The summed E-state index contributed by atoms with van der Waals surface area (Å²) in [5.41, 5.74) is 0.750. The summed E-state index contributed by atoms with van der Waals surface area (Å²) in [5, 5.41) is 2.71. The number of carbonyl (C=O) groups excluding carboxylic acids is 2. The summed E-state index contributed by atoms with van der Waals surface area (Å²) < 4.78 is 1.90. The smallest absolute Gasteiger partial charge is 0.233 e. The molecule has 0 radical (unpaired) electrons. The summed E-state index contributed by atoms with van der Waals surface area (Å²) in [4.78, 5) is 30.0. The van der Waals surface area contributed by atoms with Crippen molar-refractivity contribution in [1.29, 1.82) is 0 Å². The molecule has 2 amide bonds. The van der Waals surface area contributed by atoms with E-state index in [9.17, 15) is 9.59 Å². The lowest BCUT2D eigenvalue weighted by molar-refractivity contribution is -0.127. The Hall–Kier alpha value is -2.28. The Kier molecular flexibility index (Phi) is 5.81. The van der Waals surface area contributed by atoms with Gasteiger partial charge in [0.15, 0.2) is 0 Å². The van der Waals surface area contributed by atoms with Crippen LogP contribution in [0.15, 0.2) is 41.6 Å². The molecule has 2 rings (SSSR count). The molecule has 1 heterocycles. The Labute approximate surface area is 139 Å². The first-order valence-corrected chi connectivity index (χ1v) is 8.15. The van der Waals surface area contributed by atoms with E-state index in [0.717, 1.165) is 16.4 Å². The van der Waals surface area contributed by atoms with Crippen LogP contribution in [0.25, 0.3) is 0 Å². The molecule has 0 saturated carbocycles. The van der Waals surface area contributed by atoms with Gasteiger partial charge in [-0.15, -0.1) is 11.8 Å². The van der Waals surface area contributed by atoms with E-state index in [-0.39, 0.29) is 11.8 Å². The minimum absolute atomic E-state index is 0.0453. The Bertz CT molecular complexity index is 682. The Balaban J connectivity index is 1.83. The van der Waals surface area contributed by atoms with Crippen molar-refractivity contribution in [2.45, 2.75) is 18.4 Å². The first kappa shape index (κ1) is 17.1. The zero-order valence-electron chi connectivity index (χ0n) is 13.4. The average Bonchev–Trinajstić information content (AvgIpc) is 2.91. The van der Waals surface area contributed by atoms with E-state index in [0.29, 0.717) is 12.3 Å². The number of aryl methyl sites for hydroxylation is 1. The molecule has 0 aliphatic carbocycles. The maximum Gasteiger partial charge on any atom is 0.233 e. The number of aromatic nitrogens is 2. The van der Waals surface area contributed by atoms with E-state index in [4.69, 9.17) is 0 Å². The van der Waals surface area contributed by atoms with Crippen LogP contribution in [0, 0.1) is 0 Å². The first-order chi connectivity index (χ1) is 11.0. The van der Waals surface area contributed by atoms with E-state index >= 15 is 0 Å². The van der Waals surface area contributed by atoms with Gasteiger partial charge in [-0.1, -0.05) is 0 Å². The van der Waals surface area contributed by atoms with Gasteiger partial charge in [0.05, 0.1) is 12.3 Å². The van der Waals surface area contributed by atoms with Crippen molar-refractivity contribution in [3.63, 3.8) is 0 Å². The highest BCUT2D eigenvalue weighted by Gasteiger charge is 2.12. The van der Waals surface area contributed by atoms with Crippen molar-refractivity contribution < 1.29 is 9.59 Å². The molecular weight excluding hydrogens is 312 g/mol. The third-order valence-corrected chi connectivity index (χ3v) is 4.26. The number of thioether (sulfide) groups is 1. The van der Waals surface area contributed by atoms with E-state index < -0.39 is 0 Å². The highest BCUT2D eigenvalue weighted by Crippen LogP contribution is 2.20. The molecule has 7 heteroatoms. The summed E-state index contributed by atoms with van der Waals surface area (Å²) in [6.45, 7) is 1.96. The van der Waals surface area contributed by atoms with Crippen LogP contribution < -0.4 is 5.32 Å². The molecule has 0 aliphatic heterocycles. The lowest BCUT2D eigenvalue weighted by Gasteiger charge is -2.16. The summed E-state index contributed by atoms with van der Waals surface area (Å²) in [6, 6.07) is 7.43. The molecule has 23 heavy (non-hydrogen) atoms. The molecule has 0 aliphatic rings. The van der Waals surface area contributed by atoms with Crippen molar-refractivity contribution in [2.24, 2.45) is 7.05 Å². The molecule has 2 aromatic rings. The fourth-order valence-electron chi connectivity index (χ4n) is 1.94. The molecule has 0 fully saturated rings. The number of nitrogens with zero attached hydrogens (tertiary/aromatic N) is 3. The number of anilines is 1. The second-order valence-corrected chi connectivity index (χ2v) is 6.25. The van der Waals surface area contributed by atoms with Gasteiger partial charge in [-0.2, -0.15) is 0 Å². The van der Waals surface area contributed by atoms with Gasteiger partial charge in [-0.3, -0.25) is 9.59 Å². The van der Waals surface area contributed by atoms with E-state index in [1.54, 1.807) is 18.1 Å². The van der Waals surface area contributed by atoms with Crippen LogP contribution in [-0.4, -0.2) is 39.1 Å². The lowest BCUT2D eigenvalue weighted by Crippen LogP contribution is -2.28. The van der Waals surface area contributed by atoms with Crippen molar-refractivity contribution >= 4 is 29.3 Å². The molecule has 0 spiro atoms. The molecule has 1 aromatic heterocycles.